The molecule has 0 radical (unpaired) electrons. The molecule has 0 fully saturated rings. The fraction of sp³-hybridized carbons (Fsp3) is 0.385. The molecule has 0 unspecified atom stereocenters. The molecule has 2 N–H and O–H groups in total. The van der Waals surface area contributed by atoms with Crippen LogP contribution in [-0.2, 0) is 9.59 Å². The summed E-state index contributed by atoms with van der Waals surface area (Å²) in [4.78, 5) is 23.2. The second-order valence-electron chi connectivity index (χ2n) is 3.79. The third kappa shape index (κ3) is 6.96. The predicted molar refractivity (Wildman–Crippen MR) is 73.5 cm³/mol. The Hall–Kier alpha value is -1.49. The molecular formula is C13H18N2O2S. The van der Waals surface area contributed by atoms with Gasteiger partial charge in [-0.25, -0.2) is 0 Å². The van der Waals surface area contributed by atoms with Gasteiger partial charge in [-0.2, -0.15) is 0 Å². The zero-order chi connectivity index (χ0) is 13.2. The molecule has 2 amide bonds. The molecule has 5 heteroatoms. The van der Waals surface area contributed by atoms with Crippen LogP contribution in [0.5, 0.6) is 0 Å². The van der Waals surface area contributed by atoms with Gasteiger partial charge in [0.25, 0.3) is 0 Å². The highest BCUT2D eigenvalue weighted by Gasteiger charge is 2.01. The molecule has 0 heterocycles. The summed E-state index contributed by atoms with van der Waals surface area (Å²) in [5.41, 5.74) is 0. The van der Waals surface area contributed by atoms with Crippen molar-refractivity contribution in [2.75, 3.05) is 18.8 Å². The van der Waals surface area contributed by atoms with E-state index in [4.69, 9.17) is 0 Å². The quantitative estimate of drug-likeness (QED) is 0.579. The Morgan fingerprint density at radius 1 is 1.11 bits per heavy atom. The third-order valence-corrected chi connectivity index (χ3v) is 3.17. The first-order valence-corrected chi connectivity index (χ1v) is 6.86. The summed E-state index contributed by atoms with van der Waals surface area (Å²) in [7, 11) is 0. The monoisotopic (exact) mass is 266 g/mol. The number of hydrogen-bond acceptors (Lipinski definition) is 3. The molecule has 98 valence electrons. The average molecular weight is 266 g/mol. The van der Waals surface area contributed by atoms with Crippen LogP contribution in [0.4, 0.5) is 0 Å². The first-order valence-electron chi connectivity index (χ1n) is 5.87. The van der Waals surface area contributed by atoms with Gasteiger partial charge in [0.15, 0.2) is 0 Å². The molecule has 0 aromatic heterocycles. The zero-order valence-corrected chi connectivity index (χ0v) is 11.3. The Morgan fingerprint density at radius 3 is 2.44 bits per heavy atom. The first kappa shape index (κ1) is 14.6. The van der Waals surface area contributed by atoms with Gasteiger partial charge in [0.2, 0.25) is 11.8 Å². The number of carbonyl (C=O) groups is 2. The lowest BCUT2D eigenvalue weighted by Crippen LogP contribution is -2.29. The van der Waals surface area contributed by atoms with Gasteiger partial charge in [0.1, 0.15) is 0 Å². The highest BCUT2D eigenvalue weighted by molar-refractivity contribution is 8.00. The first-order chi connectivity index (χ1) is 8.68. The molecule has 18 heavy (non-hydrogen) atoms. The number of thioether (sulfide) groups is 1. The molecule has 0 saturated heterocycles. The second-order valence-corrected chi connectivity index (χ2v) is 4.84. The maximum atomic E-state index is 11.5. The van der Waals surface area contributed by atoms with Crippen molar-refractivity contribution < 1.29 is 9.59 Å². The third-order valence-electron chi connectivity index (χ3n) is 2.16. The van der Waals surface area contributed by atoms with Gasteiger partial charge in [0, 0.05) is 24.9 Å². The van der Waals surface area contributed by atoms with Crippen LogP contribution < -0.4 is 10.6 Å². The van der Waals surface area contributed by atoms with Gasteiger partial charge in [-0.15, -0.1) is 11.8 Å². The number of carbonyl (C=O) groups excluding carboxylic acids is 2. The van der Waals surface area contributed by atoms with E-state index in [0.717, 1.165) is 11.3 Å². The van der Waals surface area contributed by atoms with Crippen molar-refractivity contribution in [2.24, 2.45) is 0 Å². The van der Waals surface area contributed by atoms with E-state index in [0.29, 0.717) is 18.8 Å². The van der Waals surface area contributed by atoms with E-state index in [2.05, 4.69) is 10.6 Å². The van der Waals surface area contributed by atoms with Crippen molar-refractivity contribution in [2.45, 2.75) is 18.2 Å². The van der Waals surface area contributed by atoms with E-state index in [1.807, 2.05) is 30.3 Å². The van der Waals surface area contributed by atoms with Crippen LogP contribution in [0, 0.1) is 0 Å². The van der Waals surface area contributed by atoms with Crippen molar-refractivity contribution >= 4 is 23.6 Å². The molecule has 0 bridgehead atoms. The maximum absolute atomic E-state index is 11.5. The molecular weight excluding hydrogens is 248 g/mol. The highest BCUT2D eigenvalue weighted by Crippen LogP contribution is 2.15. The van der Waals surface area contributed by atoms with Crippen LogP contribution in [-0.4, -0.2) is 30.7 Å². The van der Waals surface area contributed by atoms with Crippen molar-refractivity contribution in [3.63, 3.8) is 0 Å². The van der Waals surface area contributed by atoms with Crippen LogP contribution in [0.3, 0.4) is 0 Å². The van der Waals surface area contributed by atoms with E-state index in [1.54, 1.807) is 0 Å². The van der Waals surface area contributed by atoms with Crippen LogP contribution in [0.15, 0.2) is 35.2 Å². The lowest BCUT2D eigenvalue weighted by molar-refractivity contribution is -0.119. The molecule has 0 saturated carbocycles. The minimum absolute atomic E-state index is 0.0201. The summed E-state index contributed by atoms with van der Waals surface area (Å²) >= 11 is 1.52. The van der Waals surface area contributed by atoms with E-state index < -0.39 is 0 Å². The number of nitrogens with one attached hydrogen (secondary N) is 2. The normalized spacial score (nSPS) is 9.83. The van der Waals surface area contributed by atoms with E-state index in [-0.39, 0.29) is 11.8 Å². The molecule has 4 nitrogen and oxygen atoms in total. The van der Waals surface area contributed by atoms with Gasteiger partial charge in [-0.3, -0.25) is 9.59 Å². The Kier molecular flexibility index (Phi) is 6.94. The van der Waals surface area contributed by atoms with Crippen molar-refractivity contribution in [1.29, 1.82) is 0 Å². The summed E-state index contributed by atoms with van der Waals surface area (Å²) in [5, 5.41) is 5.50. The summed E-state index contributed by atoms with van der Waals surface area (Å²) in [5.74, 6) is 0.400. The van der Waals surface area contributed by atoms with E-state index >= 15 is 0 Å². The standard InChI is InChI=1S/C13H18N2O2S/c1-11(16)14-8-5-9-15-13(17)10-18-12-6-3-2-4-7-12/h2-4,6-7H,5,8-10H2,1H3,(H,14,16)(H,15,17). The number of rotatable bonds is 7. The van der Waals surface area contributed by atoms with Crippen molar-refractivity contribution in [3.8, 4) is 0 Å². The zero-order valence-electron chi connectivity index (χ0n) is 10.4. The van der Waals surface area contributed by atoms with E-state index in [9.17, 15) is 9.59 Å². The average Bonchev–Trinajstić information content (AvgIpc) is 2.37. The summed E-state index contributed by atoms with van der Waals surface area (Å²) in [6, 6.07) is 9.82. The van der Waals surface area contributed by atoms with Gasteiger partial charge < -0.3 is 10.6 Å². The number of benzene rings is 1. The lowest BCUT2D eigenvalue weighted by Gasteiger charge is -2.05. The number of amides is 2. The van der Waals surface area contributed by atoms with Crippen molar-refractivity contribution in [3.05, 3.63) is 30.3 Å². The molecule has 0 spiro atoms. The summed E-state index contributed by atoms with van der Waals surface area (Å²) in [6.45, 7) is 2.67. The Labute approximate surface area is 112 Å². The van der Waals surface area contributed by atoms with Gasteiger partial charge in [0.05, 0.1) is 5.75 Å². The van der Waals surface area contributed by atoms with Gasteiger partial charge in [-0.05, 0) is 18.6 Å². The summed E-state index contributed by atoms with van der Waals surface area (Å²) in [6.07, 6.45) is 0.751. The maximum Gasteiger partial charge on any atom is 0.230 e. The second kappa shape index (κ2) is 8.58. The van der Waals surface area contributed by atoms with E-state index in [1.165, 1.54) is 18.7 Å². The summed E-state index contributed by atoms with van der Waals surface area (Å²) < 4.78 is 0. The Balaban J connectivity index is 2.06. The Morgan fingerprint density at radius 2 is 1.78 bits per heavy atom. The Bertz CT molecular complexity index is 382. The minimum atomic E-state index is -0.0408. The fourth-order valence-electron chi connectivity index (χ4n) is 1.30. The molecule has 0 aliphatic heterocycles. The van der Waals surface area contributed by atoms with Crippen LogP contribution in [0.1, 0.15) is 13.3 Å². The molecule has 1 aromatic rings. The smallest absolute Gasteiger partial charge is 0.230 e. The van der Waals surface area contributed by atoms with Crippen molar-refractivity contribution in [1.82, 2.24) is 10.6 Å². The predicted octanol–water partition coefficient (Wildman–Crippen LogP) is 1.42. The topological polar surface area (TPSA) is 58.2 Å². The number of hydrogen-bond donors (Lipinski definition) is 2. The molecule has 1 rings (SSSR count). The molecule has 0 aliphatic carbocycles. The fourth-order valence-corrected chi connectivity index (χ4v) is 2.05. The van der Waals surface area contributed by atoms with Gasteiger partial charge in [-0.1, -0.05) is 18.2 Å². The molecule has 0 atom stereocenters. The van der Waals surface area contributed by atoms with Crippen LogP contribution in [0.2, 0.25) is 0 Å². The highest BCUT2D eigenvalue weighted by atomic mass is 32.2. The minimum Gasteiger partial charge on any atom is -0.356 e. The van der Waals surface area contributed by atoms with Gasteiger partial charge >= 0.3 is 0 Å². The lowest BCUT2D eigenvalue weighted by atomic mass is 10.4. The molecule has 0 aliphatic rings. The SMILES string of the molecule is CC(=O)NCCCNC(=O)CSc1ccccc1. The van der Waals surface area contributed by atoms with Crippen LogP contribution >= 0.6 is 11.8 Å². The molecule has 1 aromatic carbocycles. The largest absolute Gasteiger partial charge is 0.356 e. The van der Waals surface area contributed by atoms with Crippen LogP contribution in [0.25, 0.3) is 0 Å².